The summed E-state index contributed by atoms with van der Waals surface area (Å²) in [5.74, 6) is -0.911. The Kier molecular flexibility index (Phi) is 5.37. The number of hydrogen-bond acceptors (Lipinski definition) is 2. The van der Waals surface area contributed by atoms with Gasteiger partial charge in [0.2, 0.25) is 5.91 Å². The largest absolute Gasteiger partial charge is 0.354 e. The summed E-state index contributed by atoms with van der Waals surface area (Å²) in [6.45, 7) is 0.621. The number of allylic oxidation sites excluding steroid dienone is 1. The molecular formula is C17H20N2O. The summed E-state index contributed by atoms with van der Waals surface area (Å²) in [4.78, 5) is 12.1. The van der Waals surface area contributed by atoms with Crippen molar-refractivity contribution in [3.63, 3.8) is 0 Å². The Bertz CT molecular complexity index is 514. The van der Waals surface area contributed by atoms with Crippen molar-refractivity contribution in [2.24, 2.45) is 0 Å². The van der Waals surface area contributed by atoms with Gasteiger partial charge in [-0.25, -0.2) is 0 Å². The summed E-state index contributed by atoms with van der Waals surface area (Å²) in [5.41, 5.74) is 2.19. The second-order valence-electron chi connectivity index (χ2n) is 5.12. The van der Waals surface area contributed by atoms with E-state index in [1.165, 1.54) is 18.4 Å². The van der Waals surface area contributed by atoms with Crippen LogP contribution in [0.4, 0.5) is 0 Å². The zero-order valence-corrected chi connectivity index (χ0v) is 11.6. The second kappa shape index (κ2) is 7.49. The van der Waals surface area contributed by atoms with Gasteiger partial charge in [0.25, 0.3) is 0 Å². The molecule has 1 N–H and O–H groups in total. The fourth-order valence-electron chi connectivity index (χ4n) is 2.51. The maximum absolute atomic E-state index is 12.1. The number of benzene rings is 1. The zero-order valence-electron chi connectivity index (χ0n) is 11.6. The lowest BCUT2D eigenvalue weighted by Gasteiger charge is -2.14. The number of carbonyl (C=O) groups excluding carboxylic acids is 1. The van der Waals surface area contributed by atoms with Crippen LogP contribution >= 0.6 is 0 Å². The summed E-state index contributed by atoms with van der Waals surface area (Å²) < 4.78 is 0. The molecule has 0 aromatic heterocycles. The molecule has 1 aliphatic rings. The van der Waals surface area contributed by atoms with Crippen molar-refractivity contribution in [2.45, 2.75) is 38.0 Å². The molecule has 0 fully saturated rings. The van der Waals surface area contributed by atoms with Gasteiger partial charge in [-0.05, 0) is 37.7 Å². The Hall–Kier alpha value is -2.08. The Labute approximate surface area is 120 Å². The topological polar surface area (TPSA) is 52.9 Å². The van der Waals surface area contributed by atoms with Crippen LogP contribution in [0.15, 0.2) is 42.0 Å². The first-order valence-electron chi connectivity index (χ1n) is 7.21. The first-order chi connectivity index (χ1) is 9.81. The van der Waals surface area contributed by atoms with Crippen molar-refractivity contribution >= 4 is 5.91 Å². The molecule has 1 unspecified atom stereocenters. The third kappa shape index (κ3) is 3.96. The van der Waals surface area contributed by atoms with Gasteiger partial charge in [0.15, 0.2) is 0 Å². The summed E-state index contributed by atoms with van der Waals surface area (Å²) in [6.07, 6.45) is 8.03. The van der Waals surface area contributed by atoms with E-state index >= 15 is 0 Å². The fraction of sp³-hybridized carbons (Fsp3) is 0.412. The number of hydrogen-bond donors (Lipinski definition) is 1. The van der Waals surface area contributed by atoms with Gasteiger partial charge in [0.1, 0.15) is 5.92 Å². The predicted octanol–water partition coefficient (Wildman–Crippen LogP) is 3.30. The molecule has 0 radical (unpaired) electrons. The molecule has 0 saturated heterocycles. The third-order valence-corrected chi connectivity index (χ3v) is 3.65. The summed E-state index contributed by atoms with van der Waals surface area (Å²) in [6, 6.07) is 11.3. The van der Waals surface area contributed by atoms with E-state index in [-0.39, 0.29) is 5.91 Å². The van der Waals surface area contributed by atoms with Gasteiger partial charge in [-0.2, -0.15) is 5.26 Å². The average Bonchev–Trinajstić information content (AvgIpc) is 2.50. The molecule has 3 heteroatoms. The monoisotopic (exact) mass is 268 g/mol. The lowest BCUT2D eigenvalue weighted by molar-refractivity contribution is -0.121. The highest BCUT2D eigenvalue weighted by atomic mass is 16.1. The highest BCUT2D eigenvalue weighted by molar-refractivity contribution is 5.86. The van der Waals surface area contributed by atoms with Gasteiger partial charge < -0.3 is 5.32 Å². The molecule has 1 aliphatic carbocycles. The summed E-state index contributed by atoms with van der Waals surface area (Å²) in [5, 5.41) is 12.1. The van der Waals surface area contributed by atoms with Crippen molar-refractivity contribution in [1.29, 1.82) is 5.26 Å². The van der Waals surface area contributed by atoms with E-state index < -0.39 is 5.92 Å². The van der Waals surface area contributed by atoms with Gasteiger partial charge in [-0.3, -0.25) is 4.79 Å². The molecule has 1 aromatic rings. The number of nitrogens with one attached hydrogen (secondary N) is 1. The van der Waals surface area contributed by atoms with Crippen LogP contribution in [0.1, 0.15) is 43.6 Å². The van der Waals surface area contributed by atoms with Crippen molar-refractivity contribution in [2.75, 3.05) is 6.54 Å². The minimum atomic E-state index is -0.712. The Morgan fingerprint density at radius 2 is 2.10 bits per heavy atom. The molecule has 0 saturated carbocycles. The van der Waals surface area contributed by atoms with Crippen LogP contribution in [0.2, 0.25) is 0 Å². The normalized spacial score (nSPS) is 15.8. The van der Waals surface area contributed by atoms with Crippen molar-refractivity contribution in [3.05, 3.63) is 47.5 Å². The van der Waals surface area contributed by atoms with Gasteiger partial charge >= 0.3 is 0 Å². The summed E-state index contributed by atoms with van der Waals surface area (Å²) in [7, 11) is 0. The zero-order chi connectivity index (χ0) is 14.2. The predicted molar refractivity (Wildman–Crippen MR) is 79.0 cm³/mol. The van der Waals surface area contributed by atoms with E-state index in [1.54, 1.807) is 0 Å². The Morgan fingerprint density at radius 1 is 1.30 bits per heavy atom. The van der Waals surface area contributed by atoms with Crippen LogP contribution in [-0.4, -0.2) is 12.5 Å². The molecule has 104 valence electrons. The van der Waals surface area contributed by atoms with E-state index in [4.69, 9.17) is 0 Å². The molecule has 3 nitrogen and oxygen atoms in total. The van der Waals surface area contributed by atoms with E-state index in [1.807, 2.05) is 30.3 Å². The number of nitriles is 1. The van der Waals surface area contributed by atoms with Crippen LogP contribution < -0.4 is 5.32 Å². The van der Waals surface area contributed by atoms with E-state index in [0.717, 1.165) is 24.8 Å². The number of carbonyl (C=O) groups is 1. The van der Waals surface area contributed by atoms with E-state index in [2.05, 4.69) is 17.5 Å². The lowest BCUT2D eigenvalue weighted by Crippen LogP contribution is -2.29. The van der Waals surface area contributed by atoms with E-state index in [0.29, 0.717) is 6.54 Å². The molecule has 20 heavy (non-hydrogen) atoms. The van der Waals surface area contributed by atoms with Crippen LogP contribution in [0, 0.1) is 11.3 Å². The van der Waals surface area contributed by atoms with Crippen LogP contribution in [0.3, 0.4) is 0 Å². The van der Waals surface area contributed by atoms with Gasteiger partial charge in [-0.1, -0.05) is 42.0 Å². The SMILES string of the molecule is N#CC(C(=O)NCCC1=CCCCC1)c1ccccc1. The molecule has 1 aromatic carbocycles. The van der Waals surface area contributed by atoms with Crippen LogP contribution in [0.25, 0.3) is 0 Å². The lowest BCUT2D eigenvalue weighted by atomic mass is 9.97. The molecule has 1 atom stereocenters. The maximum atomic E-state index is 12.1. The molecule has 0 aliphatic heterocycles. The Balaban J connectivity index is 1.84. The molecule has 0 spiro atoms. The number of amides is 1. The fourth-order valence-corrected chi connectivity index (χ4v) is 2.51. The van der Waals surface area contributed by atoms with E-state index in [9.17, 15) is 10.1 Å². The average molecular weight is 268 g/mol. The summed E-state index contributed by atoms with van der Waals surface area (Å²) >= 11 is 0. The molecular weight excluding hydrogens is 248 g/mol. The first kappa shape index (κ1) is 14.3. The Morgan fingerprint density at radius 3 is 2.75 bits per heavy atom. The van der Waals surface area contributed by atoms with Crippen LogP contribution in [-0.2, 0) is 4.79 Å². The number of rotatable bonds is 5. The van der Waals surface area contributed by atoms with Crippen molar-refractivity contribution < 1.29 is 4.79 Å². The van der Waals surface area contributed by atoms with Crippen molar-refractivity contribution in [1.82, 2.24) is 5.32 Å². The first-order valence-corrected chi connectivity index (χ1v) is 7.21. The van der Waals surface area contributed by atoms with Gasteiger partial charge in [0.05, 0.1) is 6.07 Å². The smallest absolute Gasteiger partial charge is 0.241 e. The van der Waals surface area contributed by atoms with Gasteiger partial charge in [0, 0.05) is 6.54 Å². The molecule has 1 amide bonds. The minimum Gasteiger partial charge on any atom is -0.354 e. The third-order valence-electron chi connectivity index (χ3n) is 3.65. The quantitative estimate of drug-likeness (QED) is 0.833. The molecule has 0 heterocycles. The maximum Gasteiger partial charge on any atom is 0.241 e. The number of nitrogens with zero attached hydrogens (tertiary/aromatic N) is 1. The highest BCUT2D eigenvalue weighted by Gasteiger charge is 2.19. The van der Waals surface area contributed by atoms with Gasteiger partial charge in [-0.15, -0.1) is 0 Å². The molecule has 2 rings (SSSR count). The minimum absolute atomic E-state index is 0.199. The standard InChI is InChI=1S/C17H20N2O/c18-13-16(15-9-5-2-6-10-15)17(20)19-12-11-14-7-3-1-4-8-14/h2,5-7,9-10,16H,1,3-4,8,11-12H2,(H,19,20). The van der Waals surface area contributed by atoms with Crippen LogP contribution in [0.5, 0.6) is 0 Å². The van der Waals surface area contributed by atoms with Crippen molar-refractivity contribution in [3.8, 4) is 6.07 Å². The molecule has 0 bridgehead atoms. The highest BCUT2D eigenvalue weighted by Crippen LogP contribution is 2.19. The second-order valence-corrected chi connectivity index (χ2v) is 5.12.